The minimum absolute atomic E-state index is 0.104. The molecule has 0 aliphatic rings. The molecule has 1 amide bonds. The standard InChI is InChI=1S/C13H13ClN2O2S/c14-10-5-11(19-8-10)1-2-13(18)16-12-6-15-4-3-9(12)7-17/h3-6,8,17H,1-2,7H2,(H,16,18). The molecule has 2 rings (SSSR count). The van der Waals surface area contributed by atoms with Crippen LogP contribution >= 0.6 is 22.9 Å². The van der Waals surface area contributed by atoms with Gasteiger partial charge in [-0.1, -0.05) is 11.6 Å². The molecule has 2 heterocycles. The molecule has 0 aromatic carbocycles. The fraction of sp³-hybridized carbons (Fsp3) is 0.231. The lowest BCUT2D eigenvalue weighted by molar-refractivity contribution is -0.116. The number of aromatic nitrogens is 1. The number of hydrogen-bond acceptors (Lipinski definition) is 4. The third-order valence-electron chi connectivity index (χ3n) is 2.58. The normalized spacial score (nSPS) is 10.4. The van der Waals surface area contributed by atoms with Gasteiger partial charge in [-0.25, -0.2) is 0 Å². The number of aliphatic hydroxyl groups is 1. The molecule has 2 aromatic rings. The first-order valence-electron chi connectivity index (χ1n) is 5.75. The molecule has 0 atom stereocenters. The monoisotopic (exact) mass is 296 g/mol. The van der Waals surface area contributed by atoms with Gasteiger partial charge in [0.25, 0.3) is 0 Å². The molecule has 0 spiro atoms. The van der Waals surface area contributed by atoms with E-state index in [0.29, 0.717) is 29.1 Å². The summed E-state index contributed by atoms with van der Waals surface area (Å²) in [6, 6.07) is 3.54. The Morgan fingerprint density at radius 3 is 3.05 bits per heavy atom. The molecule has 6 heteroatoms. The minimum Gasteiger partial charge on any atom is -0.392 e. The number of anilines is 1. The van der Waals surface area contributed by atoms with Gasteiger partial charge in [0.1, 0.15) is 0 Å². The summed E-state index contributed by atoms with van der Waals surface area (Å²) in [4.78, 5) is 16.8. The predicted molar refractivity (Wildman–Crippen MR) is 76.4 cm³/mol. The largest absolute Gasteiger partial charge is 0.392 e. The average Bonchev–Trinajstić information content (AvgIpc) is 2.83. The zero-order valence-electron chi connectivity index (χ0n) is 10.1. The minimum atomic E-state index is -0.126. The summed E-state index contributed by atoms with van der Waals surface area (Å²) >= 11 is 7.36. The molecule has 0 saturated heterocycles. The summed E-state index contributed by atoms with van der Waals surface area (Å²) in [7, 11) is 0. The van der Waals surface area contributed by atoms with Crippen LogP contribution in [0.15, 0.2) is 29.9 Å². The summed E-state index contributed by atoms with van der Waals surface area (Å²) in [5.41, 5.74) is 1.21. The first-order chi connectivity index (χ1) is 9.19. The van der Waals surface area contributed by atoms with E-state index in [-0.39, 0.29) is 12.5 Å². The third-order valence-corrected chi connectivity index (χ3v) is 3.92. The van der Waals surface area contributed by atoms with Gasteiger partial charge in [-0.2, -0.15) is 0 Å². The van der Waals surface area contributed by atoms with Crippen molar-refractivity contribution < 1.29 is 9.90 Å². The van der Waals surface area contributed by atoms with Gasteiger partial charge in [-0.15, -0.1) is 11.3 Å². The predicted octanol–water partition coefficient (Wildman–Crippen LogP) is 2.86. The number of carbonyl (C=O) groups is 1. The maximum atomic E-state index is 11.8. The zero-order valence-corrected chi connectivity index (χ0v) is 11.7. The maximum Gasteiger partial charge on any atom is 0.224 e. The lowest BCUT2D eigenvalue weighted by Crippen LogP contribution is -2.13. The lowest BCUT2D eigenvalue weighted by atomic mass is 10.2. The SMILES string of the molecule is O=C(CCc1cc(Cl)cs1)Nc1cnccc1CO. The molecule has 0 bridgehead atoms. The molecule has 100 valence electrons. The maximum absolute atomic E-state index is 11.8. The molecule has 0 aliphatic heterocycles. The summed E-state index contributed by atoms with van der Waals surface area (Å²) in [5, 5.41) is 14.4. The van der Waals surface area contributed by atoms with E-state index < -0.39 is 0 Å². The highest BCUT2D eigenvalue weighted by molar-refractivity contribution is 7.10. The Balaban J connectivity index is 1.90. The zero-order chi connectivity index (χ0) is 13.7. The van der Waals surface area contributed by atoms with Gasteiger partial charge in [-0.05, 0) is 18.6 Å². The number of thiophene rings is 1. The van der Waals surface area contributed by atoms with Crippen molar-refractivity contribution in [1.29, 1.82) is 0 Å². The van der Waals surface area contributed by atoms with Crippen LogP contribution in [0.4, 0.5) is 5.69 Å². The van der Waals surface area contributed by atoms with Crippen molar-refractivity contribution in [2.45, 2.75) is 19.4 Å². The number of nitrogens with zero attached hydrogens (tertiary/aromatic N) is 1. The Morgan fingerprint density at radius 2 is 2.37 bits per heavy atom. The Hall–Kier alpha value is -1.43. The Morgan fingerprint density at radius 1 is 1.53 bits per heavy atom. The van der Waals surface area contributed by atoms with Crippen LogP contribution in [0, 0.1) is 0 Å². The number of nitrogens with one attached hydrogen (secondary N) is 1. The van der Waals surface area contributed by atoms with Crippen molar-refractivity contribution in [3.8, 4) is 0 Å². The van der Waals surface area contributed by atoms with Crippen molar-refractivity contribution in [1.82, 2.24) is 4.98 Å². The smallest absolute Gasteiger partial charge is 0.224 e. The number of aliphatic hydroxyl groups excluding tert-OH is 1. The molecule has 19 heavy (non-hydrogen) atoms. The van der Waals surface area contributed by atoms with E-state index in [4.69, 9.17) is 16.7 Å². The number of aryl methyl sites for hydroxylation is 1. The number of rotatable bonds is 5. The van der Waals surface area contributed by atoms with Gasteiger partial charge in [0.2, 0.25) is 5.91 Å². The molecule has 0 aliphatic carbocycles. The van der Waals surface area contributed by atoms with Gasteiger partial charge in [-0.3, -0.25) is 9.78 Å². The number of pyridine rings is 1. The van der Waals surface area contributed by atoms with Gasteiger partial charge in [0.15, 0.2) is 0 Å². The second kappa shape index (κ2) is 6.65. The number of halogens is 1. The summed E-state index contributed by atoms with van der Waals surface area (Å²) in [6.45, 7) is -0.126. The van der Waals surface area contributed by atoms with Crippen LogP contribution < -0.4 is 5.32 Å². The summed E-state index contributed by atoms with van der Waals surface area (Å²) in [6.07, 6.45) is 4.13. The third kappa shape index (κ3) is 4.02. The van der Waals surface area contributed by atoms with Crippen molar-refractivity contribution in [2.75, 3.05) is 5.32 Å². The van der Waals surface area contributed by atoms with E-state index in [1.807, 2.05) is 11.4 Å². The van der Waals surface area contributed by atoms with E-state index in [2.05, 4.69) is 10.3 Å². The van der Waals surface area contributed by atoms with E-state index in [1.54, 1.807) is 23.6 Å². The Labute approximate surface area is 120 Å². The highest BCUT2D eigenvalue weighted by Gasteiger charge is 2.07. The molecule has 0 radical (unpaired) electrons. The van der Waals surface area contributed by atoms with E-state index in [0.717, 1.165) is 4.88 Å². The van der Waals surface area contributed by atoms with Crippen molar-refractivity contribution in [2.24, 2.45) is 0 Å². The fourth-order valence-corrected chi connectivity index (χ4v) is 2.68. The van der Waals surface area contributed by atoms with Gasteiger partial charge >= 0.3 is 0 Å². The molecular formula is C13H13ClN2O2S. The van der Waals surface area contributed by atoms with Crippen LogP contribution in [0.3, 0.4) is 0 Å². The van der Waals surface area contributed by atoms with Crippen LogP contribution in [-0.4, -0.2) is 16.0 Å². The van der Waals surface area contributed by atoms with E-state index >= 15 is 0 Å². The van der Waals surface area contributed by atoms with Gasteiger partial charge in [0, 0.05) is 28.4 Å². The number of hydrogen-bond donors (Lipinski definition) is 2. The molecular weight excluding hydrogens is 284 g/mol. The fourth-order valence-electron chi connectivity index (χ4n) is 1.61. The quantitative estimate of drug-likeness (QED) is 0.892. The summed E-state index contributed by atoms with van der Waals surface area (Å²) in [5.74, 6) is -0.104. The Kier molecular flexibility index (Phi) is 4.90. The lowest BCUT2D eigenvalue weighted by Gasteiger charge is -2.08. The second-order valence-electron chi connectivity index (χ2n) is 3.97. The van der Waals surface area contributed by atoms with E-state index in [1.165, 1.54) is 6.20 Å². The molecule has 0 saturated carbocycles. The van der Waals surface area contributed by atoms with Crippen molar-refractivity contribution in [3.63, 3.8) is 0 Å². The van der Waals surface area contributed by atoms with Crippen molar-refractivity contribution >= 4 is 34.5 Å². The molecule has 0 fully saturated rings. The molecule has 2 aromatic heterocycles. The summed E-state index contributed by atoms with van der Waals surface area (Å²) < 4.78 is 0. The molecule has 4 nitrogen and oxygen atoms in total. The van der Waals surface area contributed by atoms with Crippen molar-refractivity contribution in [3.05, 3.63) is 45.4 Å². The van der Waals surface area contributed by atoms with Crippen LogP contribution in [0.25, 0.3) is 0 Å². The van der Waals surface area contributed by atoms with Crippen LogP contribution in [0.1, 0.15) is 16.9 Å². The van der Waals surface area contributed by atoms with Crippen LogP contribution in [0.2, 0.25) is 5.02 Å². The topological polar surface area (TPSA) is 62.2 Å². The molecule has 0 unspecified atom stereocenters. The number of amides is 1. The molecule has 2 N–H and O–H groups in total. The van der Waals surface area contributed by atoms with E-state index in [9.17, 15) is 4.79 Å². The van der Waals surface area contributed by atoms with Crippen LogP contribution in [0.5, 0.6) is 0 Å². The Bertz CT molecular complexity index is 571. The average molecular weight is 297 g/mol. The van der Waals surface area contributed by atoms with Gasteiger partial charge in [0.05, 0.1) is 23.5 Å². The highest BCUT2D eigenvalue weighted by Crippen LogP contribution is 2.20. The highest BCUT2D eigenvalue weighted by atomic mass is 35.5. The first kappa shape index (κ1) is 14.0. The second-order valence-corrected chi connectivity index (χ2v) is 5.40. The first-order valence-corrected chi connectivity index (χ1v) is 7.01. The van der Waals surface area contributed by atoms with Gasteiger partial charge < -0.3 is 10.4 Å². The van der Waals surface area contributed by atoms with Crippen LogP contribution in [-0.2, 0) is 17.8 Å². The number of carbonyl (C=O) groups excluding carboxylic acids is 1.